The minimum Gasteiger partial charge on any atom is -0.490 e. The van der Waals surface area contributed by atoms with Crippen LogP contribution in [0, 0.1) is 0 Å². The van der Waals surface area contributed by atoms with Gasteiger partial charge < -0.3 is 9.47 Å². The fourth-order valence-electron chi connectivity index (χ4n) is 2.58. The third-order valence-corrected chi connectivity index (χ3v) is 4.24. The maximum Gasteiger partial charge on any atom is 0.269 e. The fourth-order valence-corrected chi connectivity index (χ4v) is 2.73. The van der Waals surface area contributed by atoms with Crippen molar-refractivity contribution in [3.8, 4) is 11.5 Å². The number of para-hydroxylation sites is 2. The Bertz CT molecular complexity index is 1030. The summed E-state index contributed by atoms with van der Waals surface area (Å²) < 4.78 is 11.3. The second-order valence-electron chi connectivity index (χ2n) is 6.23. The van der Waals surface area contributed by atoms with Gasteiger partial charge in [-0.2, -0.15) is 0 Å². The SMILES string of the molecule is O=C(NNC(=S)NC(=O)c1ccccc1OCCOc1ccccc1)c1ccccc1. The number of carbonyl (C=O) groups excluding carboxylic acids is 2. The van der Waals surface area contributed by atoms with Gasteiger partial charge in [-0.25, -0.2) is 0 Å². The Morgan fingerprint density at radius 2 is 1.32 bits per heavy atom. The van der Waals surface area contributed by atoms with Crippen LogP contribution in [0.25, 0.3) is 0 Å². The normalized spacial score (nSPS) is 9.94. The molecule has 0 atom stereocenters. The Morgan fingerprint density at radius 1 is 0.710 bits per heavy atom. The molecule has 0 aliphatic rings. The van der Waals surface area contributed by atoms with Crippen LogP contribution in [0.5, 0.6) is 11.5 Å². The summed E-state index contributed by atoms with van der Waals surface area (Å²) in [4.78, 5) is 24.6. The third-order valence-electron chi connectivity index (χ3n) is 4.04. The highest BCUT2D eigenvalue weighted by molar-refractivity contribution is 7.80. The van der Waals surface area contributed by atoms with Crippen molar-refractivity contribution in [2.75, 3.05) is 13.2 Å². The lowest BCUT2D eigenvalue weighted by Crippen LogP contribution is -2.48. The van der Waals surface area contributed by atoms with Crippen LogP contribution in [0.2, 0.25) is 0 Å². The van der Waals surface area contributed by atoms with E-state index in [1.807, 2.05) is 36.4 Å². The molecule has 0 saturated carbocycles. The number of thiocarbonyl (C=S) groups is 1. The van der Waals surface area contributed by atoms with E-state index in [-0.39, 0.29) is 17.6 Å². The Balaban J connectivity index is 1.48. The molecule has 0 saturated heterocycles. The van der Waals surface area contributed by atoms with Gasteiger partial charge in [-0.05, 0) is 48.6 Å². The quantitative estimate of drug-likeness (QED) is 0.300. The van der Waals surface area contributed by atoms with E-state index in [9.17, 15) is 9.59 Å². The Kier molecular flexibility index (Phi) is 7.96. The molecular weight excluding hydrogens is 414 g/mol. The summed E-state index contributed by atoms with van der Waals surface area (Å²) in [5.74, 6) is 0.296. The van der Waals surface area contributed by atoms with Crippen molar-refractivity contribution in [3.63, 3.8) is 0 Å². The number of hydrazine groups is 1. The van der Waals surface area contributed by atoms with E-state index in [0.717, 1.165) is 5.75 Å². The maximum absolute atomic E-state index is 12.6. The fraction of sp³-hybridized carbons (Fsp3) is 0.0870. The second-order valence-corrected chi connectivity index (χ2v) is 6.64. The Hall–Kier alpha value is -3.91. The summed E-state index contributed by atoms with van der Waals surface area (Å²) in [6.07, 6.45) is 0. The highest BCUT2D eigenvalue weighted by atomic mass is 32.1. The molecule has 2 amide bonds. The molecule has 0 fully saturated rings. The van der Waals surface area contributed by atoms with Crippen molar-refractivity contribution < 1.29 is 19.1 Å². The number of rotatable bonds is 7. The van der Waals surface area contributed by atoms with Gasteiger partial charge in [-0.15, -0.1) is 0 Å². The van der Waals surface area contributed by atoms with Crippen molar-refractivity contribution in [1.29, 1.82) is 0 Å². The first-order valence-corrected chi connectivity index (χ1v) is 9.90. The molecule has 3 rings (SSSR count). The zero-order valence-corrected chi connectivity index (χ0v) is 17.4. The molecular formula is C23H21N3O4S. The minimum atomic E-state index is -0.467. The lowest BCUT2D eigenvalue weighted by molar-refractivity contribution is 0.0933. The molecule has 158 valence electrons. The van der Waals surface area contributed by atoms with E-state index in [1.54, 1.807) is 48.5 Å². The van der Waals surface area contributed by atoms with Gasteiger partial charge in [0.1, 0.15) is 24.7 Å². The number of nitrogens with one attached hydrogen (secondary N) is 3. The van der Waals surface area contributed by atoms with E-state index in [4.69, 9.17) is 21.7 Å². The molecule has 31 heavy (non-hydrogen) atoms. The van der Waals surface area contributed by atoms with Crippen LogP contribution in [0.1, 0.15) is 20.7 Å². The van der Waals surface area contributed by atoms with E-state index < -0.39 is 5.91 Å². The summed E-state index contributed by atoms with van der Waals surface area (Å²) in [5, 5.41) is 2.47. The minimum absolute atomic E-state index is 0.0449. The topological polar surface area (TPSA) is 88.7 Å². The molecule has 3 aromatic carbocycles. The zero-order chi connectivity index (χ0) is 21.9. The standard InChI is InChI=1S/C23H21N3O4S/c27-21(17-9-3-1-4-10-17)25-26-23(31)24-22(28)19-13-7-8-14-20(19)30-16-15-29-18-11-5-2-6-12-18/h1-14H,15-16H2,(H,25,27)(H2,24,26,28,31). The van der Waals surface area contributed by atoms with Gasteiger partial charge in [-0.3, -0.25) is 25.8 Å². The predicted molar refractivity (Wildman–Crippen MR) is 121 cm³/mol. The highest BCUT2D eigenvalue weighted by Crippen LogP contribution is 2.18. The molecule has 3 aromatic rings. The molecule has 3 N–H and O–H groups in total. The largest absolute Gasteiger partial charge is 0.490 e. The zero-order valence-electron chi connectivity index (χ0n) is 16.5. The lowest BCUT2D eigenvalue weighted by Gasteiger charge is -2.14. The molecule has 0 heterocycles. The number of ether oxygens (including phenoxy) is 2. The number of carbonyl (C=O) groups is 2. The van der Waals surface area contributed by atoms with Crippen molar-refractivity contribution in [3.05, 3.63) is 96.1 Å². The number of hydrogen-bond acceptors (Lipinski definition) is 5. The van der Waals surface area contributed by atoms with Crippen LogP contribution in [-0.4, -0.2) is 30.1 Å². The van der Waals surface area contributed by atoms with Gasteiger partial charge in [0.2, 0.25) is 0 Å². The Morgan fingerprint density at radius 3 is 2.06 bits per heavy atom. The summed E-state index contributed by atoms with van der Waals surface area (Å²) in [5.41, 5.74) is 5.71. The van der Waals surface area contributed by atoms with Crippen LogP contribution in [-0.2, 0) is 0 Å². The van der Waals surface area contributed by atoms with E-state index >= 15 is 0 Å². The first kappa shape index (κ1) is 21.8. The van der Waals surface area contributed by atoms with Crippen LogP contribution in [0.3, 0.4) is 0 Å². The van der Waals surface area contributed by atoms with E-state index in [2.05, 4.69) is 16.2 Å². The van der Waals surface area contributed by atoms with E-state index in [1.165, 1.54) is 0 Å². The molecule has 0 spiro atoms. The van der Waals surface area contributed by atoms with Crippen LogP contribution >= 0.6 is 12.2 Å². The molecule has 0 bridgehead atoms. The average molecular weight is 436 g/mol. The van der Waals surface area contributed by atoms with Crippen molar-refractivity contribution in [2.24, 2.45) is 0 Å². The molecule has 8 heteroatoms. The van der Waals surface area contributed by atoms with Crippen molar-refractivity contribution in [2.45, 2.75) is 0 Å². The van der Waals surface area contributed by atoms with Gasteiger partial charge in [-0.1, -0.05) is 48.5 Å². The molecule has 7 nitrogen and oxygen atoms in total. The van der Waals surface area contributed by atoms with Crippen LogP contribution < -0.4 is 25.6 Å². The van der Waals surface area contributed by atoms with Crippen molar-refractivity contribution in [1.82, 2.24) is 16.2 Å². The first-order valence-electron chi connectivity index (χ1n) is 9.50. The lowest BCUT2D eigenvalue weighted by atomic mass is 10.2. The van der Waals surface area contributed by atoms with Gasteiger partial charge in [0.15, 0.2) is 5.11 Å². The Labute approximate surface area is 185 Å². The van der Waals surface area contributed by atoms with Crippen LogP contribution in [0.15, 0.2) is 84.9 Å². The predicted octanol–water partition coefficient (Wildman–Crippen LogP) is 3.09. The smallest absolute Gasteiger partial charge is 0.269 e. The highest BCUT2D eigenvalue weighted by Gasteiger charge is 2.14. The molecule has 0 radical (unpaired) electrons. The van der Waals surface area contributed by atoms with Gasteiger partial charge in [0.05, 0.1) is 5.56 Å². The molecule has 0 unspecified atom stereocenters. The number of amides is 2. The van der Waals surface area contributed by atoms with E-state index in [0.29, 0.717) is 23.5 Å². The summed E-state index contributed by atoms with van der Waals surface area (Å²) >= 11 is 5.08. The summed E-state index contributed by atoms with van der Waals surface area (Å²) in [7, 11) is 0. The van der Waals surface area contributed by atoms with Crippen molar-refractivity contribution >= 4 is 29.1 Å². The van der Waals surface area contributed by atoms with Gasteiger partial charge >= 0.3 is 0 Å². The van der Waals surface area contributed by atoms with Gasteiger partial charge in [0.25, 0.3) is 11.8 Å². The number of benzene rings is 3. The summed E-state index contributed by atoms with van der Waals surface area (Å²) in [6.45, 7) is 0.584. The monoisotopic (exact) mass is 435 g/mol. The average Bonchev–Trinajstić information content (AvgIpc) is 2.81. The number of hydrogen-bond donors (Lipinski definition) is 3. The molecule has 0 aliphatic carbocycles. The molecule has 0 aromatic heterocycles. The first-order chi connectivity index (χ1) is 15.1. The third kappa shape index (κ3) is 6.83. The summed E-state index contributed by atoms with van der Waals surface area (Å²) in [6, 6.07) is 24.8. The maximum atomic E-state index is 12.6. The van der Waals surface area contributed by atoms with Crippen LogP contribution in [0.4, 0.5) is 0 Å². The molecule has 0 aliphatic heterocycles. The van der Waals surface area contributed by atoms with Gasteiger partial charge in [0, 0.05) is 5.56 Å². The second kappa shape index (κ2) is 11.3.